The SMILES string of the molecule is O=C([O-])C1CCCN1C(=O)Nc1ccc2c(c1)OCCO2.[K+]. The summed E-state index contributed by atoms with van der Waals surface area (Å²) in [5, 5.41) is 13.7. The van der Waals surface area contributed by atoms with E-state index in [0.717, 1.165) is 0 Å². The van der Waals surface area contributed by atoms with Crippen LogP contribution < -0.4 is 71.3 Å². The number of anilines is 1. The van der Waals surface area contributed by atoms with E-state index in [0.29, 0.717) is 49.8 Å². The molecule has 0 aliphatic carbocycles. The van der Waals surface area contributed by atoms with E-state index in [9.17, 15) is 14.7 Å². The normalized spacial score (nSPS) is 19.3. The van der Waals surface area contributed by atoms with Crippen LogP contribution in [-0.4, -0.2) is 42.7 Å². The summed E-state index contributed by atoms with van der Waals surface area (Å²) in [4.78, 5) is 24.4. The van der Waals surface area contributed by atoms with Crippen LogP contribution in [0.15, 0.2) is 18.2 Å². The molecule has 0 radical (unpaired) electrons. The van der Waals surface area contributed by atoms with Crippen molar-refractivity contribution in [2.45, 2.75) is 18.9 Å². The van der Waals surface area contributed by atoms with E-state index >= 15 is 0 Å². The zero-order valence-corrected chi connectivity index (χ0v) is 15.5. The van der Waals surface area contributed by atoms with Crippen molar-refractivity contribution in [3.8, 4) is 11.5 Å². The summed E-state index contributed by atoms with van der Waals surface area (Å²) in [7, 11) is 0. The molecule has 7 nitrogen and oxygen atoms in total. The fourth-order valence-electron chi connectivity index (χ4n) is 2.57. The number of nitrogens with zero attached hydrogens (tertiary/aromatic N) is 1. The largest absolute Gasteiger partial charge is 1.00 e. The maximum atomic E-state index is 12.1. The number of likely N-dealkylation sites (tertiary alicyclic amines) is 1. The first-order valence-electron chi connectivity index (χ1n) is 6.83. The van der Waals surface area contributed by atoms with Gasteiger partial charge < -0.3 is 29.6 Å². The molecule has 112 valence electrons. The summed E-state index contributed by atoms with van der Waals surface area (Å²) < 4.78 is 10.8. The van der Waals surface area contributed by atoms with Gasteiger partial charge in [-0.2, -0.15) is 0 Å². The van der Waals surface area contributed by atoms with Crippen molar-refractivity contribution in [1.29, 1.82) is 0 Å². The number of carbonyl (C=O) groups is 2. The van der Waals surface area contributed by atoms with E-state index in [-0.39, 0.29) is 51.4 Å². The number of amides is 2. The van der Waals surface area contributed by atoms with Crippen molar-refractivity contribution in [3.63, 3.8) is 0 Å². The summed E-state index contributed by atoms with van der Waals surface area (Å²) in [6.07, 6.45) is 1.09. The summed E-state index contributed by atoms with van der Waals surface area (Å²) in [6, 6.07) is 3.76. The van der Waals surface area contributed by atoms with Crippen LogP contribution >= 0.6 is 0 Å². The Morgan fingerprint density at radius 2 is 1.95 bits per heavy atom. The molecule has 1 N–H and O–H groups in total. The number of aliphatic carboxylic acids is 1. The molecule has 3 rings (SSSR count). The fraction of sp³-hybridized carbons (Fsp3) is 0.429. The van der Waals surface area contributed by atoms with Crippen molar-refractivity contribution >= 4 is 17.7 Å². The molecule has 1 fully saturated rings. The van der Waals surface area contributed by atoms with E-state index in [1.807, 2.05) is 0 Å². The van der Waals surface area contributed by atoms with Crippen LogP contribution in [0.4, 0.5) is 10.5 Å². The molecule has 1 unspecified atom stereocenters. The Kier molecular flexibility index (Phi) is 6.10. The van der Waals surface area contributed by atoms with Crippen LogP contribution in [0.5, 0.6) is 11.5 Å². The molecular weight excluding hydrogens is 315 g/mol. The smallest absolute Gasteiger partial charge is 0.548 e. The number of rotatable bonds is 2. The first-order chi connectivity index (χ1) is 10.1. The molecule has 8 heteroatoms. The van der Waals surface area contributed by atoms with Gasteiger partial charge in [-0.05, 0) is 25.0 Å². The van der Waals surface area contributed by atoms with Gasteiger partial charge >= 0.3 is 57.4 Å². The van der Waals surface area contributed by atoms with E-state index in [4.69, 9.17) is 9.47 Å². The number of urea groups is 1. The van der Waals surface area contributed by atoms with Crippen molar-refractivity contribution in [2.24, 2.45) is 0 Å². The van der Waals surface area contributed by atoms with Gasteiger partial charge in [-0.15, -0.1) is 0 Å². The van der Waals surface area contributed by atoms with E-state index in [1.54, 1.807) is 18.2 Å². The second-order valence-electron chi connectivity index (χ2n) is 4.96. The van der Waals surface area contributed by atoms with Crippen molar-refractivity contribution in [3.05, 3.63) is 18.2 Å². The zero-order chi connectivity index (χ0) is 14.8. The van der Waals surface area contributed by atoms with Crippen molar-refractivity contribution < 1.29 is 75.6 Å². The Morgan fingerprint density at radius 1 is 1.23 bits per heavy atom. The number of hydrogen-bond donors (Lipinski definition) is 1. The number of hydrogen-bond acceptors (Lipinski definition) is 5. The fourth-order valence-corrected chi connectivity index (χ4v) is 2.57. The molecule has 2 amide bonds. The summed E-state index contributed by atoms with van der Waals surface area (Å²) in [5.41, 5.74) is 0.535. The first kappa shape index (κ1) is 17.5. The van der Waals surface area contributed by atoms with E-state index in [2.05, 4.69) is 5.32 Å². The number of benzene rings is 1. The Bertz CT molecular complexity index is 580. The number of fused-ring (bicyclic) bond motifs is 1. The molecule has 0 aromatic heterocycles. The van der Waals surface area contributed by atoms with Crippen molar-refractivity contribution in [2.75, 3.05) is 25.1 Å². The molecule has 0 saturated carbocycles. The van der Waals surface area contributed by atoms with Crippen LogP contribution in [0.2, 0.25) is 0 Å². The van der Waals surface area contributed by atoms with Crippen LogP contribution in [0.1, 0.15) is 12.8 Å². The zero-order valence-electron chi connectivity index (χ0n) is 12.3. The van der Waals surface area contributed by atoms with Gasteiger partial charge in [0, 0.05) is 18.3 Å². The minimum Gasteiger partial charge on any atom is -0.548 e. The number of carboxylic acid groups (broad SMARTS) is 1. The maximum Gasteiger partial charge on any atom is 1.00 e. The van der Waals surface area contributed by atoms with Gasteiger partial charge in [0.05, 0.1) is 12.0 Å². The summed E-state index contributed by atoms with van der Waals surface area (Å²) >= 11 is 0. The Balaban J connectivity index is 0.00000176. The average molecular weight is 330 g/mol. The van der Waals surface area contributed by atoms with Gasteiger partial charge in [0.2, 0.25) is 0 Å². The topological polar surface area (TPSA) is 90.9 Å². The van der Waals surface area contributed by atoms with Crippen molar-refractivity contribution in [1.82, 2.24) is 4.90 Å². The molecule has 1 atom stereocenters. The quantitative estimate of drug-likeness (QED) is 0.592. The van der Waals surface area contributed by atoms with Gasteiger partial charge in [-0.25, -0.2) is 4.79 Å². The molecule has 1 saturated heterocycles. The standard InChI is InChI=1S/C14H16N2O5.K/c17-13(18)10-2-1-5-16(10)14(19)15-9-3-4-11-12(8-9)21-7-6-20-11;/h3-4,8,10H,1-2,5-7H2,(H,15,19)(H,17,18);/q;+1/p-1. The van der Waals surface area contributed by atoms with Gasteiger partial charge in [0.25, 0.3) is 0 Å². The maximum absolute atomic E-state index is 12.1. The second kappa shape index (κ2) is 7.65. The molecule has 2 heterocycles. The molecule has 1 aromatic rings. The van der Waals surface area contributed by atoms with Crippen LogP contribution in [0.3, 0.4) is 0 Å². The number of nitrogens with one attached hydrogen (secondary N) is 1. The average Bonchev–Trinajstić information content (AvgIpc) is 2.97. The molecular formula is C14H15KN2O5. The predicted octanol–water partition coefficient (Wildman–Crippen LogP) is -2.79. The molecule has 0 bridgehead atoms. The predicted molar refractivity (Wildman–Crippen MR) is 71.2 cm³/mol. The minimum absolute atomic E-state index is 0. The Hall–Kier alpha value is -0.804. The van der Waals surface area contributed by atoms with Gasteiger partial charge in [-0.3, -0.25) is 0 Å². The molecule has 22 heavy (non-hydrogen) atoms. The Labute approximate surface area is 170 Å². The molecule has 1 aromatic carbocycles. The molecule has 2 aliphatic heterocycles. The second-order valence-corrected chi connectivity index (χ2v) is 4.96. The molecule has 0 spiro atoms. The minimum atomic E-state index is -1.22. The van der Waals surface area contributed by atoms with Gasteiger partial charge in [-0.1, -0.05) is 0 Å². The summed E-state index contributed by atoms with van der Waals surface area (Å²) in [5.74, 6) is -0.0187. The van der Waals surface area contributed by atoms with E-state index < -0.39 is 18.0 Å². The van der Waals surface area contributed by atoms with Gasteiger partial charge in [0.15, 0.2) is 11.5 Å². The van der Waals surface area contributed by atoms with Gasteiger partial charge in [0.1, 0.15) is 13.2 Å². The number of ether oxygens (including phenoxy) is 2. The Morgan fingerprint density at radius 3 is 2.68 bits per heavy atom. The van der Waals surface area contributed by atoms with Crippen LogP contribution in [0.25, 0.3) is 0 Å². The third kappa shape index (κ3) is 3.75. The summed E-state index contributed by atoms with van der Waals surface area (Å²) in [6.45, 7) is 1.37. The number of carboxylic acids is 1. The van der Waals surface area contributed by atoms with Crippen LogP contribution in [-0.2, 0) is 4.79 Å². The first-order valence-corrected chi connectivity index (χ1v) is 6.83. The third-order valence-corrected chi connectivity index (χ3v) is 3.58. The van der Waals surface area contributed by atoms with Crippen LogP contribution in [0, 0.1) is 0 Å². The molecule has 2 aliphatic rings. The monoisotopic (exact) mass is 330 g/mol. The third-order valence-electron chi connectivity index (χ3n) is 3.58. The number of carbonyl (C=O) groups excluding carboxylic acids is 2. The van der Waals surface area contributed by atoms with E-state index in [1.165, 1.54) is 4.90 Å².